The van der Waals surface area contributed by atoms with E-state index in [2.05, 4.69) is 15.5 Å². The van der Waals surface area contributed by atoms with Crippen molar-refractivity contribution in [3.63, 3.8) is 0 Å². The second-order valence-electron chi connectivity index (χ2n) is 7.78. The molecule has 164 valence electrons. The van der Waals surface area contributed by atoms with Gasteiger partial charge in [0.25, 0.3) is 10.0 Å². The van der Waals surface area contributed by atoms with E-state index < -0.39 is 15.9 Å². The third kappa shape index (κ3) is 4.56. The first-order valence-corrected chi connectivity index (χ1v) is 12.3. The number of aromatic nitrogens is 2. The van der Waals surface area contributed by atoms with Crippen LogP contribution in [0.4, 0.5) is 5.69 Å². The van der Waals surface area contributed by atoms with Crippen LogP contribution in [0.2, 0.25) is 0 Å². The Morgan fingerprint density at radius 3 is 2.74 bits per heavy atom. The smallest absolute Gasteiger partial charge is 0.252 e. The fraction of sp³-hybridized carbons (Fsp3) is 0.381. The number of benzene rings is 1. The average molecular weight is 461 g/mol. The molecule has 1 N–H and O–H groups in total. The highest BCUT2D eigenvalue weighted by Gasteiger charge is 2.34. The lowest BCUT2D eigenvalue weighted by Crippen LogP contribution is -2.43. The molecule has 3 aromatic rings. The average Bonchev–Trinajstić information content (AvgIpc) is 3.40. The molecule has 3 heterocycles. The van der Waals surface area contributed by atoms with Crippen LogP contribution in [0, 0.1) is 26.7 Å². The lowest BCUT2D eigenvalue weighted by atomic mass is 9.98. The van der Waals surface area contributed by atoms with Crippen molar-refractivity contribution in [2.24, 2.45) is 5.92 Å². The molecule has 0 radical (unpaired) electrons. The second kappa shape index (κ2) is 8.52. The van der Waals surface area contributed by atoms with E-state index in [-0.39, 0.29) is 16.7 Å². The maximum Gasteiger partial charge on any atom is 0.252 e. The number of nitrogens with one attached hydrogen (secondary N) is 1. The summed E-state index contributed by atoms with van der Waals surface area (Å²) < 4.78 is 33.0. The van der Waals surface area contributed by atoms with E-state index in [1.807, 2.05) is 32.0 Å². The van der Waals surface area contributed by atoms with Gasteiger partial charge in [0.15, 0.2) is 0 Å². The largest absolute Gasteiger partial charge is 0.339 e. The van der Waals surface area contributed by atoms with Gasteiger partial charge in [-0.1, -0.05) is 11.2 Å². The quantitative estimate of drug-likeness (QED) is 0.621. The zero-order valence-corrected chi connectivity index (χ0v) is 19.2. The van der Waals surface area contributed by atoms with Crippen molar-refractivity contribution in [2.45, 2.75) is 37.8 Å². The molecule has 1 aromatic carbocycles. The van der Waals surface area contributed by atoms with E-state index in [1.165, 1.54) is 4.31 Å². The second-order valence-corrected chi connectivity index (χ2v) is 10.9. The summed E-state index contributed by atoms with van der Waals surface area (Å²) in [6.07, 6.45) is 1.28. The molecule has 4 rings (SSSR count). The van der Waals surface area contributed by atoms with E-state index in [0.29, 0.717) is 36.7 Å². The Balaban J connectivity index is 1.47. The molecule has 1 fully saturated rings. The molecule has 31 heavy (non-hydrogen) atoms. The van der Waals surface area contributed by atoms with Gasteiger partial charge in [0, 0.05) is 36.6 Å². The van der Waals surface area contributed by atoms with Crippen molar-refractivity contribution in [1.82, 2.24) is 14.4 Å². The van der Waals surface area contributed by atoms with Crippen molar-refractivity contribution in [2.75, 3.05) is 18.4 Å². The van der Waals surface area contributed by atoms with Gasteiger partial charge in [0.2, 0.25) is 17.6 Å². The number of hydrogen-bond acceptors (Lipinski definition) is 7. The van der Waals surface area contributed by atoms with Crippen LogP contribution in [0.25, 0.3) is 11.4 Å². The summed E-state index contributed by atoms with van der Waals surface area (Å²) >= 11 is 1.12. The number of piperidine rings is 1. The minimum Gasteiger partial charge on any atom is -0.339 e. The van der Waals surface area contributed by atoms with Crippen LogP contribution >= 0.6 is 11.3 Å². The number of carbonyl (C=O) groups excluding carboxylic acids is 1. The Bertz CT molecular complexity index is 1220. The molecule has 1 amide bonds. The Labute approximate surface area is 185 Å². The van der Waals surface area contributed by atoms with Gasteiger partial charge < -0.3 is 9.84 Å². The first-order chi connectivity index (χ1) is 14.7. The van der Waals surface area contributed by atoms with E-state index in [0.717, 1.165) is 28.2 Å². The maximum absolute atomic E-state index is 13.2. The Hall–Kier alpha value is -2.56. The molecule has 1 aliphatic heterocycles. The molecule has 0 bridgehead atoms. The lowest BCUT2D eigenvalue weighted by Gasteiger charge is -2.30. The molecule has 0 aliphatic carbocycles. The van der Waals surface area contributed by atoms with E-state index >= 15 is 0 Å². The molecule has 1 atom stereocenters. The molecule has 8 nitrogen and oxygen atoms in total. The van der Waals surface area contributed by atoms with Crippen molar-refractivity contribution in [3.05, 3.63) is 46.7 Å². The topological polar surface area (TPSA) is 105 Å². The molecule has 0 spiro atoms. The summed E-state index contributed by atoms with van der Waals surface area (Å²) in [5.74, 6) is 0.223. The summed E-state index contributed by atoms with van der Waals surface area (Å²) in [4.78, 5) is 17.0. The molecule has 1 saturated heterocycles. The van der Waals surface area contributed by atoms with Gasteiger partial charge in [-0.15, -0.1) is 11.3 Å². The number of amides is 1. The SMILES string of the molecule is Cc1nc(-c2csc(S(=O)(=O)N3CCC[C@@H](C(=O)Nc4ccc(C)c(C)c4)C3)c2)no1. The first kappa shape index (κ1) is 21.7. The van der Waals surface area contributed by atoms with E-state index in [4.69, 9.17) is 4.52 Å². The first-order valence-electron chi connectivity index (χ1n) is 10.0. The highest BCUT2D eigenvalue weighted by Crippen LogP contribution is 2.31. The van der Waals surface area contributed by atoms with Gasteiger partial charge in [0.1, 0.15) is 4.21 Å². The van der Waals surface area contributed by atoms with Gasteiger partial charge in [-0.25, -0.2) is 8.42 Å². The Morgan fingerprint density at radius 2 is 2.03 bits per heavy atom. The van der Waals surface area contributed by atoms with Gasteiger partial charge in [-0.3, -0.25) is 4.79 Å². The fourth-order valence-electron chi connectivity index (χ4n) is 3.55. The highest BCUT2D eigenvalue weighted by atomic mass is 32.2. The van der Waals surface area contributed by atoms with Crippen molar-refractivity contribution < 1.29 is 17.7 Å². The number of rotatable bonds is 5. The van der Waals surface area contributed by atoms with Gasteiger partial charge >= 0.3 is 0 Å². The van der Waals surface area contributed by atoms with Crippen LogP contribution in [0.15, 0.2) is 38.4 Å². The number of hydrogen-bond donors (Lipinski definition) is 1. The molecule has 1 aliphatic rings. The number of thiophene rings is 1. The normalized spacial score (nSPS) is 17.6. The fourth-order valence-corrected chi connectivity index (χ4v) is 6.39. The number of sulfonamides is 1. The zero-order chi connectivity index (χ0) is 22.2. The summed E-state index contributed by atoms with van der Waals surface area (Å²) in [7, 11) is -3.71. The van der Waals surface area contributed by atoms with E-state index in [1.54, 1.807) is 18.4 Å². The standard InChI is InChI=1S/C21H24N4O4S2/c1-13-6-7-18(9-14(13)2)23-21(26)16-5-4-8-25(11-16)31(27,28)19-10-17(12-30-19)20-22-15(3)29-24-20/h6-7,9-10,12,16H,4-5,8,11H2,1-3H3,(H,23,26)/t16-/m1/s1. The zero-order valence-electron chi connectivity index (χ0n) is 17.6. The summed E-state index contributed by atoms with van der Waals surface area (Å²) in [6, 6.07) is 7.31. The third-order valence-corrected chi connectivity index (χ3v) is 8.76. The summed E-state index contributed by atoms with van der Waals surface area (Å²) in [6.45, 7) is 6.24. The van der Waals surface area contributed by atoms with Crippen LogP contribution in [-0.2, 0) is 14.8 Å². The molecule has 0 saturated carbocycles. The maximum atomic E-state index is 13.2. The highest BCUT2D eigenvalue weighted by molar-refractivity contribution is 7.91. The Kier molecular flexibility index (Phi) is 5.96. The number of anilines is 1. The van der Waals surface area contributed by atoms with Crippen LogP contribution in [0.1, 0.15) is 29.9 Å². The molecule has 10 heteroatoms. The summed E-state index contributed by atoms with van der Waals surface area (Å²) in [5.41, 5.74) is 3.57. The van der Waals surface area contributed by atoms with Crippen LogP contribution < -0.4 is 5.32 Å². The lowest BCUT2D eigenvalue weighted by molar-refractivity contribution is -0.120. The minimum atomic E-state index is -3.71. The third-order valence-electron chi connectivity index (χ3n) is 5.48. The number of aryl methyl sites for hydroxylation is 3. The van der Waals surface area contributed by atoms with Crippen LogP contribution in [0.5, 0.6) is 0 Å². The predicted molar refractivity (Wildman–Crippen MR) is 118 cm³/mol. The van der Waals surface area contributed by atoms with Crippen LogP contribution in [-0.4, -0.2) is 41.9 Å². The number of nitrogens with zero attached hydrogens (tertiary/aromatic N) is 3. The molecule has 0 unspecified atom stereocenters. The minimum absolute atomic E-state index is 0.155. The predicted octanol–water partition coefficient (Wildman–Crippen LogP) is 3.76. The number of carbonyl (C=O) groups is 1. The summed E-state index contributed by atoms with van der Waals surface area (Å²) in [5, 5.41) is 8.47. The van der Waals surface area contributed by atoms with Crippen molar-refractivity contribution in [3.8, 4) is 11.4 Å². The van der Waals surface area contributed by atoms with Crippen molar-refractivity contribution >= 4 is 33.0 Å². The molecular formula is C21H24N4O4S2. The molecule has 2 aromatic heterocycles. The van der Waals surface area contributed by atoms with Gasteiger partial charge in [-0.2, -0.15) is 9.29 Å². The monoisotopic (exact) mass is 460 g/mol. The van der Waals surface area contributed by atoms with Gasteiger partial charge in [-0.05, 0) is 56.0 Å². The van der Waals surface area contributed by atoms with Crippen molar-refractivity contribution in [1.29, 1.82) is 0 Å². The van der Waals surface area contributed by atoms with E-state index in [9.17, 15) is 13.2 Å². The van der Waals surface area contributed by atoms with Crippen LogP contribution in [0.3, 0.4) is 0 Å². The van der Waals surface area contributed by atoms with Gasteiger partial charge in [0.05, 0.1) is 5.92 Å². The Morgan fingerprint density at radius 1 is 1.23 bits per heavy atom. The molecular weight excluding hydrogens is 436 g/mol.